The van der Waals surface area contributed by atoms with Gasteiger partial charge in [-0.3, -0.25) is 19.5 Å². The van der Waals surface area contributed by atoms with Crippen molar-refractivity contribution in [1.82, 2.24) is 10.2 Å². The molecule has 0 aliphatic rings. The van der Waals surface area contributed by atoms with Crippen molar-refractivity contribution in [2.24, 2.45) is 5.92 Å². The standard InChI is InChI=1S/C17H18BrClN2O6/c1-3-26-17(25)10(6-13(23)24)4-9-5-12(18)15-14(16(19)21-20-15)11(9)7-27-8(2)22/h5,10H,3-4,6-7H2,1-2H3,(H,20,21)(H,23,24). The Bertz CT molecular complexity index is 882. The number of aromatic nitrogens is 2. The maximum absolute atomic E-state index is 12.2. The molecule has 0 radical (unpaired) electrons. The maximum atomic E-state index is 12.2. The minimum Gasteiger partial charge on any atom is -0.481 e. The topological polar surface area (TPSA) is 119 Å². The number of carbonyl (C=O) groups excluding carboxylic acids is 2. The SMILES string of the molecule is CCOC(=O)C(CC(=O)O)Cc1cc(Br)c2[nH]nc(Cl)c2c1COC(C)=O. The number of rotatable bonds is 8. The van der Waals surface area contributed by atoms with Crippen LogP contribution in [0.25, 0.3) is 10.9 Å². The smallest absolute Gasteiger partial charge is 0.309 e. The number of carboxylic acids is 1. The number of hydrogen-bond acceptors (Lipinski definition) is 6. The van der Waals surface area contributed by atoms with E-state index in [0.29, 0.717) is 26.5 Å². The monoisotopic (exact) mass is 460 g/mol. The Morgan fingerprint density at radius 2 is 2.07 bits per heavy atom. The van der Waals surface area contributed by atoms with Gasteiger partial charge in [0.2, 0.25) is 0 Å². The lowest BCUT2D eigenvalue weighted by Crippen LogP contribution is -2.23. The summed E-state index contributed by atoms with van der Waals surface area (Å²) in [5, 5.41) is 16.6. The molecule has 0 aliphatic heterocycles. The Labute approximate surface area is 168 Å². The van der Waals surface area contributed by atoms with Gasteiger partial charge in [0.05, 0.1) is 24.5 Å². The molecule has 0 saturated heterocycles. The Kier molecular flexibility index (Phi) is 7.20. The van der Waals surface area contributed by atoms with Crippen LogP contribution in [0.3, 0.4) is 0 Å². The Hall–Kier alpha value is -2.13. The fourth-order valence-corrected chi connectivity index (χ4v) is 3.55. The summed E-state index contributed by atoms with van der Waals surface area (Å²) in [7, 11) is 0. The van der Waals surface area contributed by atoms with E-state index in [0.717, 1.165) is 0 Å². The van der Waals surface area contributed by atoms with Gasteiger partial charge in [-0.2, -0.15) is 5.10 Å². The normalized spacial score (nSPS) is 12.0. The van der Waals surface area contributed by atoms with Gasteiger partial charge in [0, 0.05) is 22.3 Å². The van der Waals surface area contributed by atoms with Crippen LogP contribution in [-0.2, 0) is 36.9 Å². The minimum atomic E-state index is -1.11. The summed E-state index contributed by atoms with van der Waals surface area (Å²) in [5.41, 5.74) is 1.77. The highest BCUT2D eigenvalue weighted by molar-refractivity contribution is 9.10. The molecular formula is C17H18BrClN2O6. The number of H-pyrrole nitrogens is 1. The van der Waals surface area contributed by atoms with Crippen molar-refractivity contribution in [3.8, 4) is 0 Å². The van der Waals surface area contributed by atoms with Gasteiger partial charge >= 0.3 is 17.9 Å². The van der Waals surface area contributed by atoms with Crippen LogP contribution in [0.1, 0.15) is 31.4 Å². The molecule has 10 heteroatoms. The summed E-state index contributed by atoms with van der Waals surface area (Å²) < 4.78 is 10.8. The van der Waals surface area contributed by atoms with E-state index in [1.54, 1.807) is 13.0 Å². The largest absolute Gasteiger partial charge is 0.481 e. The number of esters is 2. The molecule has 27 heavy (non-hydrogen) atoms. The maximum Gasteiger partial charge on any atom is 0.309 e. The third-order valence-corrected chi connectivity index (χ3v) is 4.78. The first kappa shape index (κ1) is 21.2. The van der Waals surface area contributed by atoms with Gasteiger partial charge in [-0.25, -0.2) is 0 Å². The summed E-state index contributed by atoms with van der Waals surface area (Å²) in [6.07, 6.45) is -0.307. The Morgan fingerprint density at radius 1 is 1.37 bits per heavy atom. The molecular weight excluding hydrogens is 444 g/mol. The van der Waals surface area contributed by atoms with Crippen LogP contribution in [0.15, 0.2) is 10.5 Å². The van der Waals surface area contributed by atoms with Crippen molar-refractivity contribution in [3.63, 3.8) is 0 Å². The highest BCUT2D eigenvalue weighted by Gasteiger charge is 2.26. The number of halogens is 2. The predicted molar refractivity (Wildman–Crippen MR) is 100 cm³/mol. The van der Waals surface area contributed by atoms with Crippen LogP contribution in [0.2, 0.25) is 5.15 Å². The van der Waals surface area contributed by atoms with Crippen molar-refractivity contribution >= 4 is 56.3 Å². The van der Waals surface area contributed by atoms with Gasteiger partial charge in [0.1, 0.15) is 6.61 Å². The molecule has 0 fully saturated rings. The average molecular weight is 462 g/mol. The van der Waals surface area contributed by atoms with Crippen LogP contribution in [-0.4, -0.2) is 39.8 Å². The highest BCUT2D eigenvalue weighted by Crippen LogP contribution is 2.35. The zero-order valence-corrected chi connectivity index (χ0v) is 17.0. The van der Waals surface area contributed by atoms with Crippen molar-refractivity contribution in [2.75, 3.05) is 6.61 Å². The molecule has 0 saturated carbocycles. The molecule has 0 bridgehead atoms. The number of ether oxygens (including phenoxy) is 2. The molecule has 1 unspecified atom stereocenters. The van der Waals surface area contributed by atoms with Crippen molar-refractivity contribution < 1.29 is 29.0 Å². The van der Waals surface area contributed by atoms with Gasteiger partial charge in [-0.05, 0) is 40.9 Å². The Morgan fingerprint density at radius 3 is 2.67 bits per heavy atom. The van der Waals surface area contributed by atoms with E-state index >= 15 is 0 Å². The van der Waals surface area contributed by atoms with Crippen molar-refractivity contribution in [1.29, 1.82) is 0 Å². The minimum absolute atomic E-state index is 0.0811. The number of benzene rings is 1. The number of carboxylic acid groups (broad SMARTS) is 1. The molecule has 1 heterocycles. The number of aliphatic carboxylic acids is 1. The van der Waals surface area contributed by atoms with Crippen molar-refractivity contribution in [2.45, 2.75) is 33.3 Å². The quantitative estimate of drug-likeness (QED) is 0.579. The van der Waals surface area contributed by atoms with E-state index < -0.39 is 23.8 Å². The lowest BCUT2D eigenvalue weighted by atomic mass is 9.92. The number of nitrogens with one attached hydrogen (secondary N) is 1. The van der Waals surface area contributed by atoms with E-state index in [-0.39, 0.29) is 31.2 Å². The third-order valence-electron chi connectivity index (χ3n) is 3.88. The molecule has 2 aromatic rings. The average Bonchev–Trinajstić information content (AvgIpc) is 2.96. The zero-order valence-electron chi connectivity index (χ0n) is 14.7. The van der Waals surface area contributed by atoms with Gasteiger partial charge < -0.3 is 14.6 Å². The summed E-state index contributed by atoms with van der Waals surface area (Å²) >= 11 is 9.59. The molecule has 2 N–H and O–H groups in total. The third kappa shape index (κ3) is 5.20. The fourth-order valence-electron chi connectivity index (χ4n) is 2.74. The molecule has 1 aromatic heterocycles. The molecule has 2 rings (SSSR count). The van der Waals surface area contributed by atoms with Crippen LogP contribution in [0.5, 0.6) is 0 Å². The molecule has 1 atom stereocenters. The lowest BCUT2D eigenvalue weighted by Gasteiger charge is -2.17. The summed E-state index contributed by atoms with van der Waals surface area (Å²) in [5.74, 6) is -3.10. The summed E-state index contributed by atoms with van der Waals surface area (Å²) in [6.45, 7) is 2.98. The van der Waals surface area contributed by atoms with E-state index in [2.05, 4.69) is 26.1 Å². The fraction of sp³-hybridized carbons (Fsp3) is 0.412. The van der Waals surface area contributed by atoms with Gasteiger partial charge in [0.25, 0.3) is 0 Å². The number of fused-ring (bicyclic) bond motifs is 1. The molecule has 0 aliphatic carbocycles. The van der Waals surface area contributed by atoms with Gasteiger partial charge in [-0.1, -0.05) is 11.6 Å². The van der Waals surface area contributed by atoms with Crippen LogP contribution < -0.4 is 0 Å². The van der Waals surface area contributed by atoms with Gasteiger partial charge in [0.15, 0.2) is 5.15 Å². The summed E-state index contributed by atoms with van der Waals surface area (Å²) in [6, 6.07) is 1.73. The van der Waals surface area contributed by atoms with E-state index in [9.17, 15) is 14.4 Å². The molecule has 8 nitrogen and oxygen atoms in total. The molecule has 146 valence electrons. The lowest BCUT2D eigenvalue weighted by molar-refractivity contribution is -0.152. The predicted octanol–water partition coefficient (Wildman–Crippen LogP) is 3.24. The van der Waals surface area contributed by atoms with E-state index in [1.807, 2.05) is 0 Å². The molecule has 0 spiro atoms. The Balaban J connectivity index is 2.51. The summed E-state index contributed by atoms with van der Waals surface area (Å²) in [4.78, 5) is 34.7. The first-order valence-corrected chi connectivity index (χ1v) is 9.27. The number of hydrogen-bond donors (Lipinski definition) is 2. The second-order valence-corrected chi connectivity index (χ2v) is 7.00. The second-order valence-electron chi connectivity index (χ2n) is 5.79. The molecule has 1 aromatic carbocycles. The number of nitrogens with zero attached hydrogens (tertiary/aromatic N) is 1. The number of carbonyl (C=O) groups is 3. The highest BCUT2D eigenvalue weighted by atomic mass is 79.9. The van der Waals surface area contributed by atoms with E-state index in [1.165, 1.54) is 6.92 Å². The van der Waals surface area contributed by atoms with Crippen molar-refractivity contribution in [3.05, 3.63) is 26.8 Å². The molecule has 0 amide bonds. The van der Waals surface area contributed by atoms with Crippen LogP contribution in [0, 0.1) is 5.92 Å². The second kappa shape index (κ2) is 9.18. The zero-order chi connectivity index (χ0) is 20.1. The first-order valence-electron chi connectivity index (χ1n) is 8.10. The van der Waals surface area contributed by atoms with Gasteiger partial charge in [-0.15, -0.1) is 0 Å². The first-order chi connectivity index (χ1) is 12.7. The van der Waals surface area contributed by atoms with E-state index in [4.69, 9.17) is 26.2 Å². The van der Waals surface area contributed by atoms with Crippen LogP contribution >= 0.6 is 27.5 Å². The van der Waals surface area contributed by atoms with Crippen LogP contribution in [0.4, 0.5) is 0 Å². The number of aromatic amines is 1.